The van der Waals surface area contributed by atoms with E-state index in [2.05, 4.69) is 47.4 Å². The Balaban J connectivity index is 1.53. The Morgan fingerprint density at radius 2 is 1.46 bits per heavy atom. The van der Waals surface area contributed by atoms with Gasteiger partial charge < -0.3 is 16.6 Å². The number of aliphatic hydroxyl groups is 1. The number of benzene rings is 2. The highest BCUT2D eigenvalue weighted by Crippen LogP contribution is 2.20. The monoisotopic (exact) mass is 375 g/mol. The molecule has 0 aliphatic heterocycles. The summed E-state index contributed by atoms with van der Waals surface area (Å²) in [5.74, 6) is 0. The second kappa shape index (κ2) is 9.60. The van der Waals surface area contributed by atoms with Gasteiger partial charge in [0, 0.05) is 29.5 Å². The van der Waals surface area contributed by atoms with Crippen LogP contribution in [0.3, 0.4) is 0 Å². The van der Waals surface area contributed by atoms with Crippen LogP contribution in [-0.4, -0.2) is 28.3 Å². The summed E-state index contributed by atoms with van der Waals surface area (Å²) in [5, 5.41) is 10.5. The lowest BCUT2D eigenvalue weighted by Gasteiger charge is -2.22. The zero-order valence-corrected chi connectivity index (χ0v) is 16.3. The molecule has 0 aliphatic carbocycles. The molecule has 4 heteroatoms. The van der Waals surface area contributed by atoms with Gasteiger partial charge in [0.25, 0.3) is 0 Å². The molecule has 0 amide bonds. The Kier molecular flexibility index (Phi) is 6.93. The molecule has 0 aliphatic rings. The first-order chi connectivity index (χ1) is 13.5. The van der Waals surface area contributed by atoms with Crippen molar-refractivity contribution < 1.29 is 5.11 Å². The fourth-order valence-corrected chi connectivity index (χ4v) is 3.37. The number of hydrogen-bond acceptors (Lipinski definition) is 4. The highest BCUT2D eigenvalue weighted by atomic mass is 16.3. The van der Waals surface area contributed by atoms with Gasteiger partial charge in [-0.1, -0.05) is 60.7 Å². The van der Waals surface area contributed by atoms with Crippen LogP contribution in [0, 0.1) is 6.92 Å². The predicted molar refractivity (Wildman–Crippen MR) is 115 cm³/mol. The van der Waals surface area contributed by atoms with Crippen LogP contribution in [-0.2, 0) is 12.8 Å². The number of aryl methyl sites for hydroxylation is 1. The van der Waals surface area contributed by atoms with Gasteiger partial charge in [0.15, 0.2) is 0 Å². The van der Waals surface area contributed by atoms with Crippen LogP contribution in [0.5, 0.6) is 0 Å². The smallest absolute Gasteiger partial charge is 0.0709 e. The Morgan fingerprint density at radius 3 is 2.11 bits per heavy atom. The standard InChI is InChI=1S/C24H29N3O/c1-17-7-10-21(16-27-17)20-11-8-19(9-12-20)14-23(26)24(28)15-22(25)13-18-5-3-2-4-6-18/h2-12,16,22-24,28H,13-15,25-26H2,1H3/t22-,23-,24-/m0/s1. The first kappa shape index (κ1) is 20.2. The highest BCUT2D eigenvalue weighted by Gasteiger charge is 2.19. The van der Waals surface area contributed by atoms with Gasteiger partial charge in [0.05, 0.1) is 6.10 Å². The Morgan fingerprint density at radius 1 is 0.821 bits per heavy atom. The minimum Gasteiger partial charge on any atom is -0.391 e. The summed E-state index contributed by atoms with van der Waals surface area (Å²) < 4.78 is 0. The van der Waals surface area contributed by atoms with E-state index < -0.39 is 6.10 Å². The maximum absolute atomic E-state index is 10.5. The summed E-state index contributed by atoms with van der Waals surface area (Å²) in [6, 6.07) is 22.0. The number of hydrogen-bond donors (Lipinski definition) is 3. The Hall–Kier alpha value is -2.53. The Labute approximate surface area is 167 Å². The molecule has 4 nitrogen and oxygen atoms in total. The van der Waals surface area contributed by atoms with Crippen LogP contribution in [0.4, 0.5) is 0 Å². The second-order valence-corrected chi connectivity index (χ2v) is 7.51. The topological polar surface area (TPSA) is 85.2 Å². The van der Waals surface area contributed by atoms with Gasteiger partial charge in [0.1, 0.15) is 0 Å². The van der Waals surface area contributed by atoms with Crippen molar-refractivity contribution in [3.63, 3.8) is 0 Å². The van der Waals surface area contributed by atoms with E-state index >= 15 is 0 Å². The van der Waals surface area contributed by atoms with Crippen molar-refractivity contribution in [2.45, 2.75) is 44.4 Å². The lowest BCUT2D eigenvalue weighted by atomic mass is 9.94. The van der Waals surface area contributed by atoms with E-state index in [0.717, 1.165) is 28.8 Å². The first-order valence-corrected chi connectivity index (χ1v) is 9.76. The highest BCUT2D eigenvalue weighted by molar-refractivity contribution is 5.62. The molecule has 28 heavy (non-hydrogen) atoms. The fourth-order valence-electron chi connectivity index (χ4n) is 3.37. The fraction of sp³-hybridized carbons (Fsp3) is 0.292. The quantitative estimate of drug-likeness (QED) is 0.564. The number of aliphatic hydroxyl groups excluding tert-OH is 1. The van der Waals surface area contributed by atoms with Crippen molar-refractivity contribution in [2.24, 2.45) is 11.5 Å². The van der Waals surface area contributed by atoms with E-state index in [1.807, 2.05) is 37.4 Å². The number of nitrogens with zero attached hydrogens (tertiary/aromatic N) is 1. The van der Waals surface area contributed by atoms with Crippen LogP contribution in [0.2, 0.25) is 0 Å². The normalized spacial score (nSPS) is 14.4. The summed E-state index contributed by atoms with van der Waals surface area (Å²) in [6.07, 6.45) is 3.10. The van der Waals surface area contributed by atoms with E-state index in [-0.39, 0.29) is 12.1 Å². The van der Waals surface area contributed by atoms with Gasteiger partial charge in [-0.3, -0.25) is 4.98 Å². The van der Waals surface area contributed by atoms with Crippen molar-refractivity contribution in [1.29, 1.82) is 0 Å². The Bertz CT molecular complexity index is 847. The molecule has 3 atom stereocenters. The predicted octanol–water partition coefficient (Wildman–Crippen LogP) is 3.25. The van der Waals surface area contributed by atoms with E-state index in [1.165, 1.54) is 5.56 Å². The molecule has 3 rings (SSSR count). The molecule has 0 saturated heterocycles. The first-order valence-electron chi connectivity index (χ1n) is 9.76. The second-order valence-electron chi connectivity index (χ2n) is 7.51. The van der Waals surface area contributed by atoms with Gasteiger partial charge in [-0.25, -0.2) is 0 Å². The van der Waals surface area contributed by atoms with Crippen LogP contribution in [0.15, 0.2) is 72.9 Å². The largest absolute Gasteiger partial charge is 0.391 e. The van der Waals surface area contributed by atoms with E-state index in [4.69, 9.17) is 11.5 Å². The molecule has 0 saturated carbocycles. The summed E-state index contributed by atoms with van der Waals surface area (Å²) in [7, 11) is 0. The molecule has 3 aromatic rings. The summed E-state index contributed by atoms with van der Waals surface area (Å²) in [4.78, 5) is 4.34. The molecule has 0 radical (unpaired) electrons. The number of rotatable bonds is 8. The van der Waals surface area contributed by atoms with E-state index in [9.17, 15) is 5.11 Å². The average molecular weight is 376 g/mol. The molecule has 0 unspecified atom stereocenters. The molecule has 2 aromatic carbocycles. The molecule has 0 spiro atoms. The zero-order valence-electron chi connectivity index (χ0n) is 16.3. The lowest BCUT2D eigenvalue weighted by Crippen LogP contribution is -2.41. The SMILES string of the molecule is Cc1ccc(-c2ccc(C[C@H](N)[C@@H](O)C[C@@H](N)Cc3ccccc3)cc2)cn1. The number of nitrogens with two attached hydrogens (primary N) is 2. The minimum atomic E-state index is -0.625. The maximum Gasteiger partial charge on any atom is 0.0709 e. The van der Waals surface area contributed by atoms with Gasteiger partial charge in [-0.15, -0.1) is 0 Å². The summed E-state index contributed by atoms with van der Waals surface area (Å²) in [6.45, 7) is 1.98. The molecule has 146 valence electrons. The van der Waals surface area contributed by atoms with Crippen LogP contribution < -0.4 is 11.5 Å². The number of aromatic nitrogens is 1. The maximum atomic E-state index is 10.5. The molecular formula is C24H29N3O. The van der Waals surface area contributed by atoms with Crippen LogP contribution >= 0.6 is 0 Å². The molecule has 0 bridgehead atoms. The van der Waals surface area contributed by atoms with Gasteiger partial charge in [0.2, 0.25) is 0 Å². The van der Waals surface area contributed by atoms with Gasteiger partial charge >= 0.3 is 0 Å². The van der Waals surface area contributed by atoms with Gasteiger partial charge in [-0.05, 0) is 48.9 Å². The third-order valence-corrected chi connectivity index (χ3v) is 5.05. The molecule has 1 aromatic heterocycles. The summed E-state index contributed by atoms with van der Waals surface area (Å²) >= 11 is 0. The van der Waals surface area contributed by atoms with Crippen molar-refractivity contribution in [2.75, 3.05) is 0 Å². The average Bonchev–Trinajstić information content (AvgIpc) is 2.70. The van der Waals surface area contributed by atoms with Crippen molar-refractivity contribution in [3.05, 3.63) is 89.7 Å². The molecule has 0 fully saturated rings. The van der Waals surface area contributed by atoms with Crippen molar-refractivity contribution in [3.8, 4) is 11.1 Å². The molecular weight excluding hydrogens is 346 g/mol. The third-order valence-electron chi connectivity index (χ3n) is 5.05. The van der Waals surface area contributed by atoms with Crippen molar-refractivity contribution in [1.82, 2.24) is 4.98 Å². The van der Waals surface area contributed by atoms with Crippen LogP contribution in [0.1, 0.15) is 23.2 Å². The zero-order chi connectivity index (χ0) is 19.9. The summed E-state index contributed by atoms with van der Waals surface area (Å²) in [5.41, 5.74) is 18.0. The minimum absolute atomic E-state index is 0.111. The van der Waals surface area contributed by atoms with Crippen molar-refractivity contribution >= 4 is 0 Å². The van der Waals surface area contributed by atoms with Gasteiger partial charge in [-0.2, -0.15) is 0 Å². The third kappa shape index (κ3) is 5.73. The van der Waals surface area contributed by atoms with Crippen LogP contribution in [0.25, 0.3) is 11.1 Å². The molecule has 1 heterocycles. The van der Waals surface area contributed by atoms with E-state index in [0.29, 0.717) is 12.8 Å². The van der Waals surface area contributed by atoms with E-state index in [1.54, 1.807) is 0 Å². The number of pyridine rings is 1. The lowest BCUT2D eigenvalue weighted by molar-refractivity contribution is 0.126. The molecule has 5 N–H and O–H groups in total.